The molecule has 0 N–H and O–H groups in total. The third-order valence-electron chi connectivity index (χ3n) is 3.51. The minimum atomic E-state index is -0.533. The fourth-order valence-corrected chi connectivity index (χ4v) is 2.38. The van der Waals surface area contributed by atoms with Gasteiger partial charge in [0, 0.05) is 19.0 Å². The number of hydrogen-bond donors (Lipinski definition) is 0. The van der Waals surface area contributed by atoms with E-state index >= 15 is 0 Å². The van der Waals surface area contributed by atoms with E-state index in [1.165, 1.54) is 13.2 Å². The summed E-state index contributed by atoms with van der Waals surface area (Å²) in [6.45, 7) is 2.60. The van der Waals surface area contributed by atoms with E-state index in [0.717, 1.165) is 6.42 Å². The largest absolute Gasteiger partial charge is 0.466 e. The first-order chi connectivity index (χ1) is 11.1. The Balaban J connectivity index is 2.32. The molecule has 0 atom stereocenters. The number of likely N-dealkylation sites (tertiary alicyclic amines) is 1. The van der Waals surface area contributed by atoms with E-state index in [4.69, 9.17) is 4.74 Å². The van der Waals surface area contributed by atoms with Gasteiger partial charge in [-0.3, -0.25) is 4.79 Å². The Kier molecular flexibility index (Phi) is 5.51. The molecule has 0 spiro atoms. The molecule has 1 aromatic carbocycles. The van der Waals surface area contributed by atoms with Gasteiger partial charge in [-0.1, -0.05) is 12.1 Å². The van der Waals surface area contributed by atoms with Crippen LogP contribution in [-0.4, -0.2) is 43.0 Å². The van der Waals surface area contributed by atoms with Gasteiger partial charge in [-0.15, -0.1) is 0 Å². The van der Waals surface area contributed by atoms with E-state index in [9.17, 15) is 14.4 Å². The molecular formula is C17H19NO5. The molecule has 1 aromatic rings. The van der Waals surface area contributed by atoms with Crippen molar-refractivity contribution in [1.29, 1.82) is 0 Å². The molecule has 2 rings (SSSR count). The predicted octanol–water partition coefficient (Wildman–Crippen LogP) is 2.00. The Labute approximate surface area is 134 Å². The molecule has 0 radical (unpaired) electrons. The number of rotatable bonds is 5. The summed E-state index contributed by atoms with van der Waals surface area (Å²) in [6, 6.07) is 6.59. The van der Waals surface area contributed by atoms with Gasteiger partial charge in [0.05, 0.1) is 25.0 Å². The molecule has 6 nitrogen and oxygen atoms in total. The van der Waals surface area contributed by atoms with Crippen LogP contribution in [0.2, 0.25) is 0 Å². The van der Waals surface area contributed by atoms with Crippen molar-refractivity contribution in [3.8, 4) is 0 Å². The molecule has 6 heteroatoms. The topological polar surface area (TPSA) is 72.9 Å². The van der Waals surface area contributed by atoms with Gasteiger partial charge in [0.15, 0.2) is 0 Å². The first-order valence-electron chi connectivity index (χ1n) is 7.44. The van der Waals surface area contributed by atoms with Crippen LogP contribution in [0.15, 0.2) is 30.3 Å². The van der Waals surface area contributed by atoms with Gasteiger partial charge in [-0.05, 0) is 31.0 Å². The highest BCUT2D eigenvalue weighted by Gasteiger charge is 2.25. The van der Waals surface area contributed by atoms with E-state index < -0.39 is 11.9 Å². The van der Waals surface area contributed by atoms with E-state index in [-0.39, 0.29) is 5.91 Å². The summed E-state index contributed by atoms with van der Waals surface area (Å²) in [7, 11) is 1.28. The van der Waals surface area contributed by atoms with Gasteiger partial charge in [-0.25, -0.2) is 9.59 Å². The summed E-state index contributed by atoms with van der Waals surface area (Å²) in [6.07, 6.45) is 2.50. The highest BCUT2D eigenvalue weighted by Crippen LogP contribution is 2.25. The van der Waals surface area contributed by atoms with E-state index in [1.54, 1.807) is 36.1 Å². The highest BCUT2D eigenvalue weighted by molar-refractivity contribution is 5.97. The van der Waals surface area contributed by atoms with Gasteiger partial charge >= 0.3 is 11.9 Å². The van der Waals surface area contributed by atoms with Crippen molar-refractivity contribution in [2.24, 2.45) is 0 Å². The second kappa shape index (κ2) is 7.58. The summed E-state index contributed by atoms with van der Waals surface area (Å²) in [5.41, 5.74) is 1.56. The number of ether oxygens (including phenoxy) is 2. The molecule has 0 aliphatic carbocycles. The lowest BCUT2D eigenvalue weighted by molar-refractivity contribution is -0.134. The molecule has 1 heterocycles. The van der Waals surface area contributed by atoms with Gasteiger partial charge in [-0.2, -0.15) is 0 Å². The number of carbonyl (C=O) groups is 3. The third kappa shape index (κ3) is 3.97. The molecular weight excluding hydrogens is 298 g/mol. The van der Waals surface area contributed by atoms with Crippen LogP contribution in [0.25, 0.3) is 5.70 Å². The molecule has 0 saturated carbocycles. The number of methoxy groups -OCH3 is 1. The van der Waals surface area contributed by atoms with Crippen LogP contribution in [0.1, 0.15) is 35.7 Å². The van der Waals surface area contributed by atoms with Crippen LogP contribution in [0.5, 0.6) is 0 Å². The van der Waals surface area contributed by atoms with Crippen molar-refractivity contribution in [2.45, 2.75) is 19.8 Å². The number of carbonyl (C=O) groups excluding carboxylic acids is 3. The van der Waals surface area contributed by atoms with Gasteiger partial charge in [0.1, 0.15) is 0 Å². The Morgan fingerprint density at radius 1 is 1.22 bits per heavy atom. The molecule has 0 aromatic heterocycles. The SMILES string of the molecule is CCOC(=O)c1ccc(/C(=C/C(=O)OC)N2CCCC2=O)cc1. The summed E-state index contributed by atoms with van der Waals surface area (Å²) < 4.78 is 9.60. The number of amides is 1. The molecule has 1 amide bonds. The molecule has 1 saturated heterocycles. The maximum absolute atomic E-state index is 12.0. The van der Waals surface area contributed by atoms with Crippen LogP contribution in [0.4, 0.5) is 0 Å². The van der Waals surface area contributed by atoms with E-state index in [0.29, 0.717) is 36.4 Å². The van der Waals surface area contributed by atoms with Crippen molar-refractivity contribution >= 4 is 23.5 Å². The first kappa shape index (κ1) is 16.7. The number of benzene rings is 1. The fourth-order valence-electron chi connectivity index (χ4n) is 2.38. The molecule has 1 aliphatic rings. The van der Waals surface area contributed by atoms with Crippen molar-refractivity contribution in [3.63, 3.8) is 0 Å². The van der Waals surface area contributed by atoms with Crippen LogP contribution in [0.3, 0.4) is 0 Å². The molecule has 23 heavy (non-hydrogen) atoms. The zero-order valence-electron chi connectivity index (χ0n) is 13.2. The second-order valence-corrected chi connectivity index (χ2v) is 5.00. The Bertz CT molecular complexity index is 633. The summed E-state index contributed by atoms with van der Waals surface area (Å²) in [5, 5.41) is 0. The first-order valence-corrected chi connectivity index (χ1v) is 7.44. The minimum absolute atomic E-state index is 0.0328. The zero-order chi connectivity index (χ0) is 16.8. The number of hydrogen-bond acceptors (Lipinski definition) is 5. The third-order valence-corrected chi connectivity index (χ3v) is 3.51. The molecule has 0 unspecified atom stereocenters. The van der Waals surface area contributed by atoms with Gasteiger partial charge < -0.3 is 14.4 Å². The second-order valence-electron chi connectivity index (χ2n) is 5.00. The number of nitrogens with zero attached hydrogens (tertiary/aromatic N) is 1. The zero-order valence-corrected chi connectivity index (χ0v) is 13.2. The monoisotopic (exact) mass is 317 g/mol. The maximum atomic E-state index is 12.0. The van der Waals surface area contributed by atoms with Gasteiger partial charge in [0.2, 0.25) is 5.91 Å². The van der Waals surface area contributed by atoms with E-state index in [1.807, 2.05) is 0 Å². The van der Waals surface area contributed by atoms with Crippen molar-refractivity contribution in [3.05, 3.63) is 41.5 Å². The smallest absolute Gasteiger partial charge is 0.338 e. The van der Waals surface area contributed by atoms with E-state index in [2.05, 4.69) is 4.74 Å². The van der Waals surface area contributed by atoms with Crippen LogP contribution < -0.4 is 0 Å². The lowest BCUT2D eigenvalue weighted by Crippen LogP contribution is -2.24. The number of esters is 2. The Morgan fingerprint density at radius 3 is 2.39 bits per heavy atom. The van der Waals surface area contributed by atoms with Crippen molar-refractivity contribution < 1.29 is 23.9 Å². The average molecular weight is 317 g/mol. The Morgan fingerprint density at radius 2 is 1.87 bits per heavy atom. The van der Waals surface area contributed by atoms with Crippen LogP contribution in [-0.2, 0) is 19.1 Å². The normalized spacial score (nSPS) is 14.8. The predicted molar refractivity (Wildman–Crippen MR) is 83.3 cm³/mol. The van der Waals surface area contributed by atoms with Crippen molar-refractivity contribution in [1.82, 2.24) is 4.90 Å². The van der Waals surface area contributed by atoms with Gasteiger partial charge in [0.25, 0.3) is 0 Å². The van der Waals surface area contributed by atoms with Crippen molar-refractivity contribution in [2.75, 3.05) is 20.3 Å². The molecule has 122 valence electrons. The van der Waals surface area contributed by atoms with Crippen LogP contribution >= 0.6 is 0 Å². The highest BCUT2D eigenvalue weighted by atomic mass is 16.5. The average Bonchev–Trinajstić information content (AvgIpc) is 2.98. The molecule has 1 fully saturated rings. The summed E-state index contributed by atoms with van der Waals surface area (Å²) in [5.74, 6) is -0.974. The quantitative estimate of drug-likeness (QED) is 0.613. The minimum Gasteiger partial charge on any atom is -0.466 e. The molecule has 0 bridgehead atoms. The Hall–Kier alpha value is -2.63. The van der Waals surface area contributed by atoms with Crippen LogP contribution in [0, 0.1) is 0 Å². The molecule has 1 aliphatic heterocycles. The summed E-state index contributed by atoms with van der Waals surface area (Å²) in [4.78, 5) is 36.8. The lowest BCUT2D eigenvalue weighted by Gasteiger charge is -2.20. The fraction of sp³-hybridized carbons (Fsp3) is 0.353. The summed E-state index contributed by atoms with van der Waals surface area (Å²) >= 11 is 0. The lowest BCUT2D eigenvalue weighted by atomic mass is 10.1. The standard InChI is InChI=1S/C17H19NO5/c1-3-23-17(21)13-8-6-12(7-9-13)14(11-16(20)22-2)18-10-4-5-15(18)19/h6-9,11H,3-5,10H2,1-2H3/b14-11-. The maximum Gasteiger partial charge on any atom is 0.338 e.